The number of benzene rings is 1. The number of carbonyl (C=O) groups excluding carboxylic acids is 1. The molecule has 4 heteroatoms. The zero-order chi connectivity index (χ0) is 12.5. The Morgan fingerprint density at radius 3 is 3.00 bits per heavy atom. The lowest BCUT2D eigenvalue weighted by atomic mass is 10.1. The predicted octanol–water partition coefficient (Wildman–Crippen LogP) is 0.864. The van der Waals surface area contributed by atoms with Crippen molar-refractivity contribution in [3.05, 3.63) is 29.8 Å². The van der Waals surface area contributed by atoms with Crippen LogP contribution in [-0.2, 0) is 11.2 Å². The number of aliphatic hydroxyl groups is 1. The minimum Gasteiger partial charge on any atom is -0.396 e. The maximum absolute atomic E-state index is 12.4. The number of rotatable bonds is 2. The van der Waals surface area contributed by atoms with Crippen LogP contribution in [0, 0.1) is 5.92 Å². The Balaban J connectivity index is 1.66. The Morgan fingerprint density at radius 2 is 2.28 bits per heavy atom. The highest BCUT2D eigenvalue weighted by Crippen LogP contribution is 2.27. The van der Waals surface area contributed by atoms with Crippen molar-refractivity contribution in [1.29, 1.82) is 0 Å². The Kier molecular flexibility index (Phi) is 2.96. The molecule has 0 aliphatic carbocycles. The summed E-state index contributed by atoms with van der Waals surface area (Å²) in [6.45, 7) is 1.66. The topological polar surface area (TPSA) is 52.6 Å². The second-order valence-electron chi connectivity index (χ2n) is 5.18. The van der Waals surface area contributed by atoms with Gasteiger partial charge in [-0.3, -0.25) is 4.79 Å². The molecule has 1 fully saturated rings. The molecule has 1 saturated heterocycles. The molecule has 2 N–H and O–H groups in total. The summed E-state index contributed by atoms with van der Waals surface area (Å²) in [5.41, 5.74) is 2.29. The van der Waals surface area contributed by atoms with Gasteiger partial charge in [-0.15, -0.1) is 0 Å². The number of likely N-dealkylation sites (tertiary alicyclic amines) is 1. The summed E-state index contributed by atoms with van der Waals surface area (Å²) in [6.07, 6.45) is 1.69. The van der Waals surface area contributed by atoms with Crippen molar-refractivity contribution in [2.75, 3.05) is 25.0 Å². The molecule has 1 unspecified atom stereocenters. The highest BCUT2D eigenvalue weighted by molar-refractivity contribution is 5.87. The van der Waals surface area contributed by atoms with Gasteiger partial charge in [0, 0.05) is 37.7 Å². The van der Waals surface area contributed by atoms with E-state index in [0.717, 1.165) is 25.1 Å². The number of aliphatic hydroxyl groups excluding tert-OH is 1. The number of carbonyl (C=O) groups is 1. The molecule has 3 rings (SSSR count). The first kappa shape index (κ1) is 11.5. The van der Waals surface area contributed by atoms with Crippen LogP contribution in [-0.4, -0.2) is 41.7 Å². The molecule has 0 spiro atoms. The summed E-state index contributed by atoms with van der Waals surface area (Å²) >= 11 is 0. The van der Waals surface area contributed by atoms with E-state index >= 15 is 0 Å². The molecule has 2 aliphatic heterocycles. The second-order valence-corrected chi connectivity index (χ2v) is 5.18. The van der Waals surface area contributed by atoms with Gasteiger partial charge < -0.3 is 15.3 Å². The normalized spacial score (nSPS) is 25.9. The van der Waals surface area contributed by atoms with Gasteiger partial charge in [0.15, 0.2) is 0 Å². The molecule has 1 aromatic carbocycles. The van der Waals surface area contributed by atoms with Crippen LogP contribution in [0.3, 0.4) is 0 Å². The quantitative estimate of drug-likeness (QED) is 0.814. The lowest BCUT2D eigenvalue weighted by molar-refractivity contribution is -0.131. The molecule has 2 heterocycles. The third-order valence-electron chi connectivity index (χ3n) is 3.92. The average molecular weight is 246 g/mol. The minimum absolute atomic E-state index is 0.125. The molecular weight excluding hydrogens is 228 g/mol. The van der Waals surface area contributed by atoms with Crippen LogP contribution in [0.25, 0.3) is 0 Å². The van der Waals surface area contributed by atoms with Gasteiger partial charge in [-0.25, -0.2) is 0 Å². The zero-order valence-corrected chi connectivity index (χ0v) is 10.3. The maximum Gasteiger partial charge on any atom is 0.245 e. The van der Waals surface area contributed by atoms with E-state index in [9.17, 15) is 4.79 Å². The average Bonchev–Trinajstić information content (AvgIpc) is 3.04. The van der Waals surface area contributed by atoms with Crippen LogP contribution < -0.4 is 5.32 Å². The molecule has 2 atom stereocenters. The largest absolute Gasteiger partial charge is 0.396 e. The van der Waals surface area contributed by atoms with Gasteiger partial charge in [0.05, 0.1) is 0 Å². The van der Waals surface area contributed by atoms with E-state index in [1.807, 2.05) is 23.1 Å². The van der Waals surface area contributed by atoms with Crippen molar-refractivity contribution in [3.63, 3.8) is 0 Å². The Hall–Kier alpha value is -1.55. The molecule has 96 valence electrons. The summed E-state index contributed by atoms with van der Waals surface area (Å²) in [5, 5.41) is 12.4. The fraction of sp³-hybridized carbons (Fsp3) is 0.500. The van der Waals surface area contributed by atoms with Gasteiger partial charge in [0.25, 0.3) is 0 Å². The van der Waals surface area contributed by atoms with Gasteiger partial charge in [0.1, 0.15) is 6.04 Å². The van der Waals surface area contributed by atoms with Gasteiger partial charge >= 0.3 is 0 Å². The van der Waals surface area contributed by atoms with Crippen LogP contribution in [0.2, 0.25) is 0 Å². The Labute approximate surface area is 107 Å². The third-order valence-corrected chi connectivity index (χ3v) is 3.92. The van der Waals surface area contributed by atoms with Gasteiger partial charge in [0.2, 0.25) is 5.91 Å². The standard InChI is InChI=1S/C14H18N2O2/c17-9-10-5-6-16(8-10)14(18)13-7-11-3-1-2-4-12(11)15-13/h1-4,10,13,15,17H,5-9H2/t10?,13-/m0/s1. The van der Waals surface area contributed by atoms with Crippen LogP contribution >= 0.6 is 0 Å². The van der Waals surface area contributed by atoms with Crippen LogP contribution in [0.1, 0.15) is 12.0 Å². The highest BCUT2D eigenvalue weighted by Gasteiger charge is 2.33. The lowest BCUT2D eigenvalue weighted by Gasteiger charge is -2.20. The molecule has 18 heavy (non-hydrogen) atoms. The predicted molar refractivity (Wildman–Crippen MR) is 69.3 cm³/mol. The van der Waals surface area contributed by atoms with E-state index in [0.29, 0.717) is 6.54 Å². The number of hydrogen-bond donors (Lipinski definition) is 2. The monoisotopic (exact) mass is 246 g/mol. The van der Waals surface area contributed by atoms with E-state index < -0.39 is 0 Å². The fourth-order valence-electron chi connectivity index (χ4n) is 2.85. The van der Waals surface area contributed by atoms with Gasteiger partial charge in [-0.05, 0) is 18.1 Å². The van der Waals surface area contributed by atoms with Gasteiger partial charge in [-0.2, -0.15) is 0 Å². The third kappa shape index (κ3) is 1.97. The fourth-order valence-corrected chi connectivity index (χ4v) is 2.85. The Morgan fingerprint density at radius 1 is 1.44 bits per heavy atom. The van der Waals surface area contributed by atoms with Crippen molar-refractivity contribution in [2.24, 2.45) is 5.92 Å². The van der Waals surface area contributed by atoms with Crippen molar-refractivity contribution >= 4 is 11.6 Å². The van der Waals surface area contributed by atoms with Crippen molar-refractivity contribution < 1.29 is 9.90 Å². The summed E-state index contributed by atoms with van der Waals surface area (Å²) in [7, 11) is 0. The first-order valence-corrected chi connectivity index (χ1v) is 6.52. The second kappa shape index (κ2) is 4.61. The first-order chi connectivity index (χ1) is 8.78. The summed E-state index contributed by atoms with van der Waals surface area (Å²) < 4.78 is 0. The molecule has 1 amide bonds. The van der Waals surface area contributed by atoms with E-state index in [1.54, 1.807) is 0 Å². The van der Waals surface area contributed by atoms with Crippen LogP contribution in [0.5, 0.6) is 0 Å². The van der Waals surface area contributed by atoms with E-state index in [2.05, 4.69) is 11.4 Å². The summed E-state index contributed by atoms with van der Waals surface area (Å²) in [5.74, 6) is 0.430. The van der Waals surface area contributed by atoms with Crippen molar-refractivity contribution in [3.8, 4) is 0 Å². The SMILES string of the molecule is O=C([C@@H]1Cc2ccccc2N1)N1CCC(CO)C1. The molecule has 0 aromatic heterocycles. The lowest BCUT2D eigenvalue weighted by Crippen LogP contribution is -2.41. The van der Waals surface area contributed by atoms with Crippen molar-refractivity contribution in [2.45, 2.75) is 18.9 Å². The van der Waals surface area contributed by atoms with E-state index in [4.69, 9.17) is 5.11 Å². The number of amides is 1. The van der Waals surface area contributed by atoms with Crippen LogP contribution in [0.4, 0.5) is 5.69 Å². The summed E-state index contributed by atoms with van der Waals surface area (Å²) in [6, 6.07) is 7.94. The molecule has 1 aromatic rings. The zero-order valence-electron chi connectivity index (χ0n) is 10.3. The molecule has 2 aliphatic rings. The molecular formula is C14H18N2O2. The molecule has 4 nitrogen and oxygen atoms in total. The smallest absolute Gasteiger partial charge is 0.245 e. The molecule has 0 saturated carbocycles. The minimum atomic E-state index is -0.125. The van der Waals surface area contributed by atoms with Gasteiger partial charge in [-0.1, -0.05) is 18.2 Å². The highest BCUT2D eigenvalue weighted by atomic mass is 16.3. The van der Waals surface area contributed by atoms with E-state index in [1.165, 1.54) is 5.56 Å². The molecule has 0 radical (unpaired) electrons. The number of para-hydroxylation sites is 1. The summed E-state index contributed by atoms with van der Waals surface area (Å²) in [4.78, 5) is 14.2. The van der Waals surface area contributed by atoms with Crippen LogP contribution in [0.15, 0.2) is 24.3 Å². The Bertz CT molecular complexity index is 436. The molecule has 0 bridgehead atoms. The number of fused-ring (bicyclic) bond motifs is 1. The number of hydrogen-bond acceptors (Lipinski definition) is 3. The number of nitrogens with zero attached hydrogens (tertiary/aromatic N) is 1. The van der Waals surface area contributed by atoms with Crippen molar-refractivity contribution in [1.82, 2.24) is 4.90 Å². The number of anilines is 1. The van der Waals surface area contributed by atoms with E-state index in [-0.39, 0.29) is 24.5 Å². The maximum atomic E-state index is 12.4. The first-order valence-electron chi connectivity index (χ1n) is 6.52. The number of nitrogens with one attached hydrogen (secondary N) is 1.